The lowest BCUT2D eigenvalue weighted by molar-refractivity contribution is -0.141. The van der Waals surface area contributed by atoms with Crippen LogP contribution in [0.3, 0.4) is 0 Å². The predicted molar refractivity (Wildman–Crippen MR) is 127 cm³/mol. The molecule has 1 atom stereocenters. The molecule has 32 heavy (non-hydrogen) atoms. The van der Waals surface area contributed by atoms with Crippen molar-refractivity contribution in [1.82, 2.24) is 14.4 Å². The van der Waals surface area contributed by atoms with Crippen molar-refractivity contribution in [2.45, 2.75) is 44.3 Å². The molecule has 170 valence electrons. The number of benzene rings is 1. The molecule has 0 saturated carbocycles. The number of furan rings is 1. The van der Waals surface area contributed by atoms with Gasteiger partial charge in [0.25, 0.3) is 0 Å². The number of hydrogen-bond acceptors (Lipinski definition) is 4. The van der Waals surface area contributed by atoms with E-state index in [0.29, 0.717) is 24.6 Å². The fourth-order valence-corrected chi connectivity index (χ4v) is 4.19. The molecular formula is C25H31N3O3S. The van der Waals surface area contributed by atoms with Crippen LogP contribution in [-0.4, -0.2) is 44.5 Å². The molecule has 0 radical (unpaired) electrons. The SMILES string of the molecule is CCC(C)N(CC(=O)N(Cc1ccco1)Cc1cccn1C)C(=O)CSc1ccccc1. The Bertz CT molecular complexity index is 985. The Morgan fingerprint density at radius 3 is 2.44 bits per heavy atom. The Hall–Kier alpha value is -2.93. The standard InChI is InChI=1S/C25H31N3O3S/c1-4-20(2)28(25(30)19-32-23-12-6-5-7-13-23)18-24(29)27(17-22-11-9-15-31-22)16-21-10-8-14-26(21)3/h5-15,20H,4,16-19H2,1-3H3. The third kappa shape index (κ3) is 6.53. The summed E-state index contributed by atoms with van der Waals surface area (Å²) in [6.07, 6.45) is 4.35. The van der Waals surface area contributed by atoms with E-state index in [1.807, 2.05) is 86.3 Å². The van der Waals surface area contributed by atoms with Gasteiger partial charge in [0.15, 0.2) is 0 Å². The molecule has 7 heteroatoms. The van der Waals surface area contributed by atoms with Crippen molar-refractivity contribution < 1.29 is 14.0 Å². The summed E-state index contributed by atoms with van der Waals surface area (Å²) in [5, 5.41) is 0. The van der Waals surface area contributed by atoms with Crippen LogP contribution in [0.1, 0.15) is 31.7 Å². The van der Waals surface area contributed by atoms with Gasteiger partial charge < -0.3 is 18.8 Å². The zero-order valence-electron chi connectivity index (χ0n) is 18.9. The molecule has 6 nitrogen and oxygen atoms in total. The molecule has 0 fully saturated rings. The maximum absolute atomic E-state index is 13.4. The monoisotopic (exact) mass is 453 g/mol. The molecule has 1 unspecified atom stereocenters. The zero-order chi connectivity index (χ0) is 22.9. The minimum Gasteiger partial charge on any atom is -0.467 e. The largest absolute Gasteiger partial charge is 0.467 e. The van der Waals surface area contributed by atoms with Crippen molar-refractivity contribution in [3.63, 3.8) is 0 Å². The first-order valence-corrected chi connectivity index (χ1v) is 11.8. The molecule has 1 aromatic carbocycles. The molecule has 0 saturated heterocycles. The maximum atomic E-state index is 13.4. The second kappa shape index (κ2) is 11.6. The fraction of sp³-hybridized carbons (Fsp3) is 0.360. The van der Waals surface area contributed by atoms with Gasteiger partial charge in [-0.05, 0) is 49.7 Å². The number of rotatable bonds is 11. The van der Waals surface area contributed by atoms with E-state index >= 15 is 0 Å². The lowest BCUT2D eigenvalue weighted by atomic mass is 10.2. The highest BCUT2D eigenvalue weighted by Crippen LogP contribution is 2.19. The molecule has 0 bridgehead atoms. The summed E-state index contributed by atoms with van der Waals surface area (Å²) < 4.78 is 7.48. The molecule has 2 amide bonds. The van der Waals surface area contributed by atoms with Crippen LogP contribution in [0.4, 0.5) is 0 Å². The van der Waals surface area contributed by atoms with Gasteiger partial charge in [-0.15, -0.1) is 11.8 Å². The number of aromatic nitrogens is 1. The van der Waals surface area contributed by atoms with E-state index < -0.39 is 0 Å². The molecule has 0 aliphatic rings. The second-order valence-electron chi connectivity index (χ2n) is 7.82. The Balaban J connectivity index is 1.71. The highest BCUT2D eigenvalue weighted by Gasteiger charge is 2.25. The predicted octanol–water partition coefficient (Wildman–Crippen LogP) is 4.57. The fourth-order valence-electron chi connectivity index (χ4n) is 3.38. The van der Waals surface area contributed by atoms with Crippen LogP contribution in [-0.2, 0) is 29.7 Å². The van der Waals surface area contributed by atoms with Gasteiger partial charge in [-0.25, -0.2) is 0 Å². The molecule has 2 aromatic heterocycles. The normalized spacial score (nSPS) is 11.8. The van der Waals surface area contributed by atoms with Crippen molar-refractivity contribution in [1.29, 1.82) is 0 Å². The Morgan fingerprint density at radius 1 is 1.03 bits per heavy atom. The highest BCUT2D eigenvalue weighted by molar-refractivity contribution is 8.00. The van der Waals surface area contributed by atoms with E-state index in [0.717, 1.165) is 17.0 Å². The van der Waals surface area contributed by atoms with Crippen molar-refractivity contribution in [2.75, 3.05) is 12.3 Å². The topological polar surface area (TPSA) is 58.7 Å². The van der Waals surface area contributed by atoms with Gasteiger partial charge in [-0.1, -0.05) is 25.1 Å². The number of thioether (sulfide) groups is 1. The minimum absolute atomic E-state index is 0.0247. The smallest absolute Gasteiger partial charge is 0.242 e. The third-order valence-corrected chi connectivity index (χ3v) is 6.53. The third-order valence-electron chi connectivity index (χ3n) is 5.54. The molecule has 0 aliphatic carbocycles. The van der Waals surface area contributed by atoms with E-state index in [-0.39, 0.29) is 24.4 Å². The summed E-state index contributed by atoms with van der Waals surface area (Å²) >= 11 is 1.50. The first-order chi connectivity index (χ1) is 15.5. The average molecular weight is 454 g/mol. The number of amides is 2. The van der Waals surface area contributed by atoms with E-state index in [9.17, 15) is 9.59 Å². The van der Waals surface area contributed by atoms with E-state index in [4.69, 9.17) is 4.42 Å². The van der Waals surface area contributed by atoms with E-state index in [1.54, 1.807) is 16.1 Å². The van der Waals surface area contributed by atoms with Crippen LogP contribution >= 0.6 is 11.8 Å². The lowest BCUT2D eigenvalue weighted by Gasteiger charge is -2.31. The van der Waals surface area contributed by atoms with Gasteiger partial charge >= 0.3 is 0 Å². The molecule has 3 rings (SSSR count). The van der Waals surface area contributed by atoms with Crippen molar-refractivity contribution in [3.05, 3.63) is 78.5 Å². The molecule has 0 spiro atoms. The quantitative estimate of drug-likeness (QED) is 0.399. The van der Waals surface area contributed by atoms with Gasteiger partial charge in [0, 0.05) is 29.9 Å². The molecule has 2 heterocycles. The minimum atomic E-state index is -0.0963. The van der Waals surface area contributed by atoms with Crippen LogP contribution < -0.4 is 0 Å². The summed E-state index contributed by atoms with van der Waals surface area (Å²) in [5.41, 5.74) is 1.02. The lowest BCUT2D eigenvalue weighted by Crippen LogP contribution is -2.47. The summed E-state index contributed by atoms with van der Waals surface area (Å²) in [4.78, 5) is 31.0. The Morgan fingerprint density at radius 2 is 1.81 bits per heavy atom. The number of carbonyl (C=O) groups excluding carboxylic acids is 2. The molecule has 0 N–H and O–H groups in total. The van der Waals surface area contributed by atoms with Crippen molar-refractivity contribution >= 4 is 23.6 Å². The zero-order valence-corrected chi connectivity index (χ0v) is 19.8. The van der Waals surface area contributed by atoms with Crippen molar-refractivity contribution in [2.24, 2.45) is 7.05 Å². The number of aryl methyl sites for hydroxylation is 1. The summed E-state index contributed by atoms with van der Waals surface area (Å²) in [6, 6.07) is 17.5. The van der Waals surface area contributed by atoms with Gasteiger partial charge in [-0.3, -0.25) is 9.59 Å². The van der Waals surface area contributed by atoms with Gasteiger partial charge in [-0.2, -0.15) is 0 Å². The maximum Gasteiger partial charge on any atom is 0.242 e. The van der Waals surface area contributed by atoms with Gasteiger partial charge in [0.05, 0.1) is 25.1 Å². The summed E-state index contributed by atoms with van der Waals surface area (Å²) in [7, 11) is 1.96. The highest BCUT2D eigenvalue weighted by atomic mass is 32.2. The number of carbonyl (C=O) groups is 2. The first kappa shape index (κ1) is 23.7. The second-order valence-corrected chi connectivity index (χ2v) is 8.87. The van der Waals surface area contributed by atoms with E-state index in [2.05, 4.69) is 0 Å². The van der Waals surface area contributed by atoms with Crippen LogP contribution in [0.2, 0.25) is 0 Å². The summed E-state index contributed by atoms with van der Waals surface area (Å²) in [6.45, 7) is 4.88. The van der Waals surface area contributed by atoms with Crippen LogP contribution in [0, 0.1) is 0 Å². The first-order valence-electron chi connectivity index (χ1n) is 10.9. The molecule has 3 aromatic rings. The number of nitrogens with zero attached hydrogens (tertiary/aromatic N) is 3. The van der Waals surface area contributed by atoms with Crippen LogP contribution in [0.15, 0.2) is 76.4 Å². The van der Waals surface area contributed by atoms with E-state index in [1.165, 1.54) is 11.8 Å². The van der Waals surface area contributed by atoms with Crippen LogP contribution in [0.25, 0.3) is 0 Å². The average Bonchev–Trinajstić information content (AvgIpc) is 3.47. The summed E-state index contributed by atoms with van der Waals surface area (Å²) in [5.74, 6) is 0.894. The molecular weight excluding hydrogens is 422 g/mol. The van der Waals surface area contributed by atoms with Crippen LogP contribution in [0.5, 0.6) is 0 Å². The molecule has 0 aliphatic heterocycles. The Kier molecular flexibility index (Phi) is 8.62. The number of hydrogen-bond donors (Lipinski definition) is 0. The van der Waals surface area contributed by atoms with Gasteiger partial charge in [0.2, 0.25) is 11.8 Å². The van der Waals surface area contributed by atoms with Crippen molar-refractivity contribution in [3.8, 4) is 0 Å². The Labute approximate surface area is 194 Å². The van der Waals surface area contributed by atoms with Gasteiger partial charge in [0.1, 0.15) is 12.3 Å².